The minimum Gasteiger partial charge on any atom is -1.00 e. The predicted molar refractivity (Wildman–Crippen MR) is 122 cm³/mol. The Hall–Kier alpha value is -0.700. The Morgan fingerprint density at radius 1 is 0.935 bits per heavy atom. The maximum atomic E-state index is 6.18. The Bertz CT molecular complexity index is 1270. The van der Waals surface area contributed by atoms with Gasteiger partial charge >= 0.3 is 191 Å². The van der Waals surface area contributed by atoms with Gasteiger partial charge in [0.05, 0.1) is 0 Å². The first kappa shape index (κ1) is 26.6. The standard InChI is InChI=1S/C26H29OSi.2ClH.Zr/c1-18(2)21-13-14-24-22-11-7-6-9-20(22)17-25(24)26(21)23-12-8-10-19(23)15-16-27-28(3,4)5;;;/h6-11,13-14H,12,15-16H2,1-5H3;2*1H;/q;;;+2/p-2. The predicted octanol–water partition coefficient (Wildman–Crippen LogP) is -0.856. The van der Waals surface area contributed by atoms with Gasteiger partial charge in [0.15, 0.2) is 0 Å². The molecular weight excluding hydrogens is 519 g/mol. The van der Waals surface area contributed by atoms with Crippen LogP contribution in [0.1, 0.15) is 37.8 Å². The van der Waals surface area contributed by atoms with Crippen LogP contribution in [0.5, 0.6) is 0 Å². The van der Waals surface area contributed by atoms with Crippen LogP contribution < -0.4 is 35.3 Å². The van der Waals surface area contributed by atoms with Crippen LogP contribution in [0.4, 0.5) is 0 Å². The zero-order chi connectivity index (χ0) is 20.8. The van der Waals surface area contributed by atoms with Crippen molar-refractivity contribution in [2.24, 2.45) is 0 Å². The van der Waals surface area contributed by atoms with Crippen molar-refractivity contribution < 1.29 is 54.0 Å². The Kier molecular flexibility index (Phi) is 8.98. The summed E-state index contributed by atoms with van der Waals surface area (Å²) in [4.78, 5) is 0. The van der Waals surface area contributed by atoms with E-state index >= 15 is 0 Å². The van der Waals surface area contributed by atoms with Crippen molar-refractivity contribution in [1.29, 1.82) is 0 Å². The van der Waals surface area contributed by atoms with Gasteiger partial charge in [0.25, 0.3) is 0 Å². The molecule has 2 aromatic rings. The molecule has 0 saturated heterocycles. The van der Waals surface area contributed by atoms with E-state index in [0.29, 0.717) is 0 Å². The summed E-state index contributed by atoms with van der Waals surface area (Å²) in [5.74, 6) is 0. The second kappa shape index (κ2) is 10.5. The first-order valence-corrected chi connectivity index (χ1v) is 15.1. The maximum absolute atomic E-state index is 6.18. The summed E-state index contributed by atoms with van der Waals surface area (Å²) in [6.45, 7) is 12.1. The first-order valence-electron chi connectivity index (χ1n) is 10.5. The second-order valence-electron chi connectivity index (χ2n) is 9.15. The van der Waals surface area contributed by atoms with Crippen LogP contribution in [-0.4, -0.2) is 14.9 Å². The van der Waals surface area contributed by atoms with Gasteiger partial charge in [0, 0.05) is 0 Å². The monoisotopic (exact) mass is 545 g/mol. The van der Waals surface area contributed by atoms with Crippen LogP contribution in [-0.2, 0) is 29.1 Å². The summed E-state index contributed by atoms with van der Waals surface area (Å²) in [7, 11) is -1.48. The van der Waals surface area contributed by atoms with E-state index in [2.05, 4.69) is 82.0 Å². The van der Waals surface area contributed by atoms with E-state index in [0.717, 1.165) is 19.4 Å². The second-order valence-corrected chi connectivity index (χ2v) is 14.9. The number of fused-ring (bicyclic) bond motifs is 2. The van der Waals surface area contributed by atoms with Crippen molar-refractivity contribution in [3.05, 3.63) is 86.1 Å². The van der Waals surface area contributed by atoms with Crippen LogP contribution in [0.25, 0.3) is 14.4 Å². The Labute approximate surface area is 214 Å². The number of hydrogen-bond acceptors (Lipinski definition) is 1. The van der Waals surface area contributed by atoms with E-state index in [-0.39, 0.29) is 24.8 Å². The number of allylic oxidation sites excluding steroid dienone is 3. The molecule has 0 radical (unpaired) electrons. The van der Waals surface area contributed by atoms with Gasteiger partial charge in [-0.25, -0.2) is 0 Å². The molecule has 0 spiro atoms. The number of hydrogen-bond donors (Lipinski definition) is 0. The van der Waals surface area contributed by atoms with E-state index in [9.17, 15) is 0 Å². The molecule has 5 heteroatoms. The third kappa shape index (κ3) is 5.28. The van der Waals surface area contributed by atoms with Crippen molar-refractivity contribution in [3.63, 3.8) is 0 Å². The largest absolute Gasteiger partial charge is 1.00 e. The minimum absolute atomic E-state index is 0. The fourth-order valence-electron chi connectivity index (χ4n) is 4.40. The van der Waals surface area contributed by atoms with Crippen LogP contribution in [0.2, 0.25) is 19.6 Å². The number of benzene rings is 2. The molecular formula is C26H29Cl2OSiZr. The average Bonchev–Trinajstić information content (AvgIpc) is 3.24. The van der Waals surface area contributed by atoms with Crippen LogP contribution in [0.15, 0.2) is 54.1 Å². The van der Waals surface area contributed by atoms with Gasteiger partial charge in [-0.15, -0.1) is 0 Å². The van der Waals surface area contributed by atoms with Gasteiger partial charge in [-0.2, -0.15) is 0 Å². The van der Waals surface area contributed by atoms with Crippen molar-refractivity contribution >= 4 is 22.7 Å². The molecule has 0 atom stereocenters. The molecule has 1 nitrogen and oxygen atoms in total. The zero-order valence-corrected chi connectivity index (χ0v) is 23.9. The molecule has 0 unspecified atom stereocenters. The third-order valence-corrected chi connectivity index (χ3v) is 8.06. The molecule has 0 fully saturated rings. The van der Waals surface area contributed by atoms with E-state index < -0.39 is 8.32 Å². The smallest absolute Gasteiger partial charge is 1.00 e. The summed E-state index contributed by atoms with van der Waals surface area (Å²) in [5.41, 5.74) is 7.30. The van der Waals surface area contributed by atoms with Crippen molar-refractivity contribution in [2.45, 2.75) is 46.3 Å². The first-order chi connectivity index (χ1) is 13.8. The summed E-state index contributed by atoms with van der Waals surface area (Å²) < 4.78 is 7.68. The van der Waals surface area contributed by atoms with Gasteiger partial charge < -0.3 is 24.8 Å². The molecule has 0 aliphatic heterocycles. The van der Waals surface area contributed by atoms with Gasteiger partial charge in [-0.3, -0.25) is 0 Å². The molecule has 0 heterocycles. The van der Waals surface area contributed by atoms with Gasteiger partial charge in [0.1, 0.15) is 0 Å². The molecule has 2 aromatic carbocycles. The molecule has 31 heavy (non-hydrogen) atoms. The van der Waals surface area contributed by atoms with E-state index in [4.69, 9.17) is 4.43 Å². The number of halogens is 2. The summed E-state index contributed by atoms with van der Waals surface area (Å²) in [6, 6.07) is 13.6. The Morgan fingerprint density at radius 2 is 1.61 bits per heavy atom. The van der Waals surface area contributed by atoms with E-state index in [1.54, 1.807) is 0 Å². The zero-order valence-electron chi connectivity index (χ0n) is 18.9. The molecule has 0 saturated carbocycles. The van der Waals surface area contributed by atoms with Crippen molar-refractivity contribution in [3.8, 4) is 0 Å². The average molecular weight is 548 g/mol. The fourth-order valence-corrected chi connectivity index (χ4v) is 6.29. The maximum Gasteiger partial charge on any atom is -1.00 e. The minimum atomic E-state index is -1.48. The molecule has 0 aromatic heterocycles. The van der Waals surface area contributed by atoms with Crippen LogP contribution in [0, 0.1) is 10.4 Å². The Balaban J connectivity index is 0.00000171. The molecule has 161 valence electrons. The van der Waals surface area contributed by atoms with Gasteiger partial charge in [-0.1, -0.05) is 0 Å². The molecule has 0 N–H and O–H groups in total. The van der Waals surface area contributed by atoms with Gasteiger partial charge in [0.2, 0.25) is 0 Å². The van der Waals surface area contributed by atoms with Crippen LogP contribution in [0.3, 0.4) is 0 Å². The number of rotatable bonds is 5. The molecule has 0 amide bonds. The summed E-state index contributed by atoms with van der Waals surface area (Å²) >= 11 is 1.49. The molecule has 2 aliphatic carbocycles. The normalized spacial score (nSPS) is 14.2. The van der Waals surface area contributed by atoms with Gasteiger partial charge in [-0.05, 0) is 0 Å². The molecule has 4 rings (SSSR count). The fraction of sp³-hybridized carbons (Fsp3) is 0.308. The summed E-state index contributed by atoms with van der Waals surface area (Å²) in [5, 5.41) is 5.62. The quantitative estimate of drug-likeness (QED) is 0.443. The van der Waals surface area contributed by atoms with E-state index in [1.165, 1.54) is 76.7 Å². The molecule has 2 aliphatic rings. The van der Waals surface area contributed by atoms with Crippen molar-refractivity contribution in [2.75, 3.05) is 6.61 Å². The third-order valence-electron chi connectivity index (χ3n) is 5.72. The Morgan fingerprint density at radius 3 is 2.26 bits per heavy atom. The topological polar surface area (TPSA) is 9.23 Å². The SMILES string of the molecule is CC(C)=c1ccc2c(c1C1=C(CCO[Si](C)(C)C)C=CC1)[C]([Zr+2])=c1ccccc1=2.[Cl-].[Cl-]. The van der Waals surface area contributed by atoms with E-state index in [1.807, 2.05) is 0 Å². The molecule has 0 bridgehead atoms. The summed E-state index contributed by atoms with van der Waals surface area (Å²) in [6.07, 6.45) is 6.69. The van der Waals surface area contributed by atoms with Crippen LogP contribution >= 0.6 is 0 Å². The van der Waals surface area contributed by atoms with Crippen molar-refractivity contribution in [1.82, 2.24) is 0 Å².